The molecule has 1 saturated heterocycles. The highest BCUT2D eigenvalue weighted by Crippen LogP contribution is 2.76. The van der Waals surface area contributed by atoms with Crippen molar-refractivity contribution in [3.63, 3.8) is 0 Å². The van der Waals surface area contributed by atoms with Crippen molar-refractivity contribution in [1.29, 1.82) is 0 Å². The zero-order valence-electron chi connectivity index (χ0n) is 36.5. The highest BCUT2D eigenvalue weighted by atomic mass is 32.2. The van der Waals surface area contributed by atoms with Gasteiger partial charge in [0.2, 0.25) is 5.88 Å². The molecule has 10 heteroatoms. The topological polar surface area (TPSA) is 122 Å². The molecule has 0 aromatic carbocycles. The van der Waals surface area contributed by atoms with Crippen LogP contribution < -0.4 is 10.1 Å². The fraction of sp³-hybridized carbons (Fsp3) is 0.771. The Morgan fingerprint density at radius 3 is 2.40 bits per heavy atom. The quantitative estimate of drug-likeness (QED) is 0.211. The van der Waals surface area contributed by atoms with E-state index in [2.05, 4.69) is 80.5 Å². The van der Waals surface area contributed by atoms with Crippen LogP contribution in [0, 0.1) is 56.7 Å². The van der Waals surface area contributed by atoms with Gasteiger partial charge in [-0.3, -0.25) is 9.78 Å². The Balaban J connectivity index is 0.995. The van der Waals surface area contributed by atoms with E-state index in [4.69, 9.17) is 4.74 Å². The molecule has 4 saturated carbocycles. The molecule has 5 fully saturated rings. The predicted octanol–water partition coefficient (Wildman–Crippen LogP) is 8.69. The number of rotatable bonds is 11. The summed E-state index contributed by atoms with van der Waals surface area (Å²) in [5.74, 6) is 3.34. The molecule has 10 atom stereocenters. The van der Waals surface area contributed by atoms with Crippen LogP contribution in [0.4, 0.5) is 0 Å². The molecule has 9 nitrogen and oxygen atoms in total. The fourth-order valence-corrected chi connectivity index (χ4v) is 16.7. The molecule has 4 unspecified atom stereocenters. The number of carboxylic acids is 1. The molecule has 0 spiro atoms. The second-order valence-electron chi connectivity index (χ2n) is 21.5. The van der Waals surface area contributed by atoms with Gasteiger partial charge >= 0.3 is 5.97 Å². The number of fused-ring (bicyclic) bond motifs is 7. The first-order valence-electron chi connectivity index (χ1n) is 22.8. The van der Waals surface area contributed by atoms with Crippen molar-refractivity contribution in [2.75, 3.05) is 44.3 Å². The molecule has 320 valence electrons. The first-order chi connectivity index (χ1) is 27.4. The second kappa shape index (κ2) is 15.1. The molecule has 1 aromatic rings. The lowest BCUT2D eigenvalue weighted by Crippen LogP contribution is -2.68. The van der Waals surface area contributed by atoms with Crippen molar-refractivity contribution in [1.82, 2.24) is 20.2 Å². The number of aliphatic carboxylic acids is 1. The molecule has 1 aromatic heterocycles. The van der Waals surface area contributed by atoms with Crippen molar-refractivity contribution in [3.8, 4) is 5.88 Å². The molecular weight excluding hydrogens is 745 g/mol. The lowest BCUT2D eigenvalue weighted by molar-refractivity contribution is -0.221. The number of ether oxygens (including phenoxy) is 1. The number of hydrogen-bond acceptors (Lipinski definition) is 8. The maximum absolute atomic E-state index is 12.7. The number of carbonyl (C=O) groups is 1. The third kappa shape index (κ3) is 6.85. The average Bonchev–Trinajstić information content (AvgIpc) is 3.56. The highest BCUT2D eigenvalue weighted by Gasteiger charge is 2.70. The number of nitrogens with zero attached hydrogens (tertiary/aromatic N) is 3. The standard InChI is InChI=1S/C48H72N4O5S/c1-33(2)35-12-19-48(51-25-26-52-27-30-58(55,56)31-28-52)21-20-45(6)37(41(35)48)8-9-39-44(5)15-13-36(43(3,4)38(44)14-16-46(39,45)7)34-10-17-47(18-11-34,42(53)54)22-29-57-40-32-49-23-24-50-40/h10,13,23-24,32,35,37-39,41,51H,1,8-9,11-12,14-22,25-31H2,2-7H3,(H,53,54)/t35-,37+,38?,39?,41?,44-,45+,46+,47?,48-/m0/s1. The predicted molar refractivity (Wildman–Crippen MR) is 230 cm³/mol. The van der Waals surface area contributed by atoms with Gasteiger partial charge in [-0.05, 0) is 153 Å². The van der Waals surface area contributed by atoms with Gasteiger partial charge in [0.15, 0.2) is 9.84 Å². The van der Waals surface area contributed by atoms with Crippen molar-refractivity contribution in [2.24, 2.45) is 56.7 Å². The first kappa shape index (κ1) is 42.1. The van der Waals surface area contributed by atoms with Gasteiger partial charge in [0, 0.05) is 44.1 Å². The maximum atomic E-state index is 12.7. The zero-order valence-corrected chi connectivity index (χ0v) is 37.3. The molecule has 0 radical (unpaired) electrons. The van der Waals surface area contributed by atoms with E-state index in [9.17, 15) is 18.3 Å². The van der Waals surface area contributed by atoms with Gasteiger partial charge in [-0.25, -0.2) is 13.4 Å². The van der Waals surface area contributed by atoms with E-state index in [-0.39, 0.29) is 27.2 Å². The Labute approximate surface area is 349 Å². The van der Waals surface area contributed by atoms with Crippen molar-refractivity contribution < 1.29 is 23.1 Å². The monoisotopic (exact) mass is 817 g/mol. The minimum absolute atomic E-state index is 0.0108. The van der Waals surface area contributed by atoms with Crippen LogP contribution in [0.3, 0.4) is 0 Å². The summed E-state index contributed by atoms with van der Waals surface area (Å²) in [6, 6.07) is 0. The highest BCUT2D eigenvalue weighted by molar-refractivity contribution is 7.91. The molecule has 1 aliphatic heterocycles. The van der Waals surface area contributed by atoms with E-state index in [1.54, 1.807) is 18.6 Å². The molecule has 58 heavy (non-hydrogen) atoms. The van der Waals surface area contributed by atoms with E-state index >= 15 is 0 Å². The normalized spacial score (nSPS) is 41.8. The lowest BCUT2D eigenvalue weighted by atomic mass is 9.33. The molecule has 8 rings (SSSR count). The number of hydrogen-bond donors (Lipinski definition) is 2. The van der Waals surface area contributed by atoms with Gasteiger partial charge in [0.1, 0.15) is 0 Å². The van der Waals surface area contributed by atoms with Crippen LogP contribution >= 0.6 is 0 Å². The summed E-state index contributed by atoms with van der Waals surface area (Å²) in [7, 11) is -2.87. The van der Waals surface area contributed by atoms with Crippen LogP contribution in [-0.4, -0.2) is 84.2 Å². The molecule has 7 aliphatic rings. The van der Waals surface area contributed by atoms with Crippen LogP contribution in [0.5, 0.6) is 5.88 Å². The number of carboxylic acid groups (broad SMARTS) is 1. The van der Waals surface area contributed by atoms with Gasteiger partial charge in [-0.1, -0.05) is 58.9 Å². The Morgan fingerprint density at radius 1 is 0.948 bits per heavy atom. The van der Waals surface area contributed by atoms with Crippen LogP contribution in [0.15, 0.2) is 54.0 Å². The molecular formula is C48H72N4O5S. The Morgan fingerprint density at radius 2 is 1.72 bits per heavy atom. The minimum atomic E-state index is -2.87. The van der Waals surface area contributed by atoms with Gasteiger partial charge in [-0.2, -0.15) is 0 Å². The van der Waals surface area contributed by atoms with Gasteiger partial charge in [0.05, 0.1) is 29.7 Å². The summed E-state index contributed by atoms with van der Waals surface area (Å²) in [6.45, 7) is 23.5. The van der Waals surface area contributed by atoms with Crippen molar-refractivity contribution in [2.45, 2.75) is 131 Å². The van der Waals surface area contributed by atoms with E-state index in [1.165, 1.54) is 68.1 Å². The van der Waals surface area contributed by atoms with E-state index in [1.807, 2.05) is 0 Å². The van der Waals surface area contributed by atoms with Crippen LogP contribution in [0.1, 0.15) is 125 Å². The van der Waals surface area contributed by atoms with Crippen molar-refractivity contribution >= 4 is 15.8 Å². The summed E-state index contributed by atoms with van der Waals surface area (Å²) in [4.78, 5) is 23.4. The van der Waals surface area contributed by atoms with Crippen LogP contribution in [-0.2, 0) is 14.6 Å². The summed E-state index contributed by atoms with van der Waals surface area (Å²) >= 11 is 0. The summed E-state index contributed by atoms with van der Waals surface area (Å²) in [6.07, 6.45) is 23.2. The Kier molecular flexibility index (Phi) is 11.0. The molecule has 2 heterocycles. The minimum Gasteiger partial charge on any atom is -0.481 e. The van der Waals surface area contributed by atoms with Crippen molar-refractivity contribution in [3.05, 3.63) is 54.0 Å². The maximum Gasteiger partial charge on any atom is 0.310 e. The lowest BCUT2D eigenvalue weighted by Gasteiger charge is -2.72. The van der Waals surface area contributed by atoms with Crippen LogP contribution in [0.25, 0.3) is 0 Å². The summed E-state index contributed by atoms with van der Waals surface area (Å²) < 4.78 is 30.0. The SMILES string of the molecule is C=C(C)[C@@H]1CC[C@]2(NCCN3CCS(=O)(=O)CC3)CC[C@]3(C)[C@H](CCC4[C@@]5(C)CC=C(C6=CCC(CCOc7cnccn7)(C(=O)O)CC6)C(C)(C)C5CC[C@]43C)C12. The molecule has 6 aliphatic carbocycles. The average molecular weight is 817 g/mol. The van der Waals surface area contributed by atoms with E-state index < -0.39 is 21.2 Å². The number of allylic oxidation sites excluding steroid dienone is 5. The third-order valence-electron chi connectivity index (χ3n) is 18.8. The Hall–Kier alpha value is -2.56. The number of aromatic nitrogens is 2. The smallest absolute Gasteiger partial charge is 0.310 e. The summed E-state index contributed by atoms with van der Waals surface area (Å²) in [5.41, 5.74) is 4.27. The first-order valence-corrected chi connectivity index (χ1v) is 24.6. The van der Waals surface area contributed by atoms with Gasteiger partial charge < -0.3 is 20.1 Å². The largest absolute Gasteiger partial charge is 0.481 e. The zero-order chi connectivity index (χ0) is 41.4. The van der Waals surface area contributed by atoms with Gasteiger partial charge in [0.25, 0.3) is 0 Å². The Bertz CT molecular complexity index is 1920. The summed E-state index contributed by atoms with van der Waals surface area (Å²) in [5, 5.41) is 14.7. The number of nitrogens with one attached hydrogen (secondary N) is 1. The third-order valence-corrected chi connectivity index (χ3v) is 20.4. The fourth-order valence-electron chi connectivity index (χ4n) is 15.4. The van der Waals surface area contributed by atoms with E-state index in [0.717, 1.165) is 25.9 Å². The molecule has 2 N–H and O–H groups in total. The van der Waals surface area contributed by atoms with E-state index in [0.29, 0.717) is 85.9 Å². The molecule has 0 amide bonds. The van der Waals surface area contributed by atoms with Crippen LogP contribution in [0.2, 0.25) is 0 Å². The molecule has 0 bridgehead atoms. The second-order valence-corrected chi connectivity index (χ2v) is 23.8. The number of sulfone groups is 1. The van der Waals surface area contributed by atoms with Gasteiger partial charge in [-0.15, -0.1) is 0 Å².